The maximum absolute atomic E-state index is 13.6. The number of anilines is 1. The van der Waals surface area contributed by atoms with E-state index < -0.39 is 5.95 Å². The van der Waals surface area contributed by atoms with E-state index in [-0.39, 0.29) is 5.97 Å². The van der Waals surface area contributed by atoms with Crippen molar-refractivity contribution < 1.29 is 13.9 Å². The highest BCUT2D eigenvalue weighted by molar-refractivity contribution is 7.09. The number of imidazole rings is 1. The summed E-state index contributed by atoms with van der Waals surface area (Å²) in [5, 5.41) is 0. The Kier molecular flexibility index (Phi) is 5.28. The molecule has 3 aromatic heterocycles. The van der Waals surface area contributed by atoms with Gasteiger partial charge in [-0.3, -0.25) is 4.98 Å². The average Bonchev–Trinajstić information content (AvgIpc) is 3.36. The van der Waals surface area contributed by atoms with Gasteiger partial charge < -0.3 is 14.2 Å². The van der Waals surface area contributed by atoms with Crippen LogP contribution < -0.4 is 4.90 Å². The number of nitrogens with zero attached hydrogens (tertiary/aromatic N) is 5. The number of hydrogen-bond donors (Lipinski definition) is 0. The van der Waals surface area contributed by atoms with Crippen LogP contribution in [-0.4, -0.2) is 45.2 Å². The normalized spacial score (nSPS) is 21.5. The Morgan fingerprint density at radius 2 is 2.18 bits per heavy atom. The maximum atomic E-state index is 13.6. The molecule has 34 heavy (non-hydrogen) atoms. The Hall–Kier alpha value is -3.33. The fourth-order valence-corrected chi connectivity index (χ4v) is 5.89. The van der Waals surface area contributed by atoms with Gasteiger partial charge in [0.2, 0.25) is 5.95 Å². The first-order valence-electron chi connectivity index (χ1n) is 11.4. The summed E-state index contributed by atoms with van der Waals surface area (Å²) >= 11 is 1.61. The van der Waals surface area contributed by atoms with E-state index in [9.17, 15) is 9.18 Å². The van der Waals surface area contributed by atoms with Crippen LogP contribution in [-0.2, 0) is 17.7 Å². The van der Waals surface area contributed by atoms with Crippen LogP contribution in [0.15, 0.2) is 48.1 Å². The minimum Gasteiger partial charge on any atom is -0.465 e. The third-order valence-corrected chi connectivity index (χ3v) is 7.80. The molecular weight excluding hydrogens is 453 g/mol. The second-order valence-corrected chi connectivity index (χ2v) is 9.98. The number of halogens is 1. The van der Waals surface area contributed by atoms with Gasteiger partial charge in [0.1, 0.15) is 11.6 Å². The molecule has 4 heterocycles. The summed E-state index contributed by atoms with van der Waals surface area (Å²) in [7, 11) is 1.39. The SMILES string of the molecule is COC(=O)c1ccc2nc(CC3CCN(c4cccc(F)n4)C4CC34)n(Cc3cncs3)c2c1. The van der Waals surface area contributed by atoms with Gasteiger partial charge in [0.25, 0.3) is 0 Å². The molecule has 1 aliphatic heterocycles. The van der Waals surface area contributed by atoms with E-state index in [0.717, 1.165) is 53.4 Å². The summed E-state index contributed by atoms with van der Waals surface area (Å²) in [4.78, 5) is 28.8. The Balaban J connectivity index is 1.28. The van der Waals surface area contributed by atoms with Crippen molar-refractivity contribution in [3.05, 3.63) is 70.3 Å². The van der Waals surface area contributed by atoms with Crippen molar-refractivity contribution in [2.24, 2.45) is 11.8 Å². The molecule has 3 atom stereocenters. The number of pyridine rings is 1. The predicted molar refractivity (Wildman–Crippen MR) is 128 cm³/mol. The second-order valence-electron chi connectivity index (χ2n) is 9.01. The molecule has 3 unspecified atom stereocenters. The molecule has 174 valence electrons. The molecule has 0 radical (unpaired) electrons. The molecule has 1 aromatic carbocycles. The number of rotatable bonds is 6. The van der Waals surface area contributed by atoms with Crippen molar-refractivity contribution in [1.29, 1.82) is 0 Å². The van der Waals surface area contributed by atoms with Crippen LogP contribution in [0.2, 0.25) is 0 Å². The van der Waals surface area contributed by atoms with E-state index in [1.54, 1.807) is 23.5 Å². The van der Waals surface area contributed by atoms with Gasteiger partial charge in [-0.25, -0.2) is 14.8 Å². The maximum Gasteiger partial charge on any atom is 0.337 e. The molecule has 0 amide bonds. The number of benzene rings is 1. The number of carbonyl (C=O) groups excluding carboxylic acids is 1. The zero-order chi connectivity index (χ0) is 23.2. The Morgan fingerprint density at radius 1 is 1.26 bits per heavy atom. The summed E-state index contributed by atoms with van der Waals surface area (Å²) in [6, 6.07) is 11.0. The smallest absolute Gasteiger partial charge is 0.337 e. The number of fused-ring (bicyclic) bond motifs is 2. The molecule has 1 saturated carbocycles. The minimum atomic E-state index is -0.431. The minimum absolute atomic E-state index is 0.354. The van der Waals surface area contributed by atoms with Crippen molar-refractivity contribution in [3.63, 3.8) is 0 Å². The van der Waals surface area contributed by atoms with Crippen LogP contribution in [0.4, 0.5) is 10.2 Å². The van der Waals surface area contributed by atoms with Gasteiger partial charge in [0.05, 0.1) is 35.8 Å². The average molecular weight is 478 g/mol. The molecule has 9 heteroatoms. The highest BCUT2D eigenvalue weighted by Crippen LogP contribution is 2.49. The number of ether oxygens (including phenoxy) is 1. The highest BCUT2D eigenvalue weighted by Gasteiger charge is 2.50. The summed E-state index contributed by atoms with van der Waals surface area (Å²) < 4.78 is 20.8. The van der Waals surface area contributed by atoms with E-state index >= 15 is 0 Å². The molecule has 1 aliphatic carbocycles. The lowest BCUT2D eigenvalue weighted by molar-refractivity contribution is 0.0601. The van der Waals surface area contributed by atoms with Crippen LogP contribution in [0.1, 0.15) is 33.9 Å². The van der Waals surface area contributed by atoms with E-state index in [1.807, 2.05) is 29.9 Å². The molecule has 6 rings (SSSR count). The lowest BCUT2D eigenvalue weighted by atomic mass is 9.92. The number of esters is 1. The van der Waals surface area contributed by atoms with Crippen molar-refractivity contribution >= 4 is 34.2 Å². The van der Waals surface area contributed by atoms with Gasteiger partial charge in [0.15, 0.2) is 0 Å². The fourth-order valence-electron chi connectivity index (χ4n) is 5.31. The quantitative estimate of drug-likeness (QED) is 0.304. The lowest BCUT2D eigenvalue weighted by Crippen LogP contribution is -2.36. The Morgan fingerprint density at radius 3 is 2.97 bits per heavy atom. The first kappa shape index (κ1) is 21.2. The molecule has 1 saturated heterocycles. The monoisotopic (exact) mass is 477 g/mol. The van der Waals surface area contributed by atoms with Gasteiger partial charge in [-0.1, -0.05) is 6.07 Å². The molecule has 0 bridgehead atoms. The van der Waals surface area contributed by atoms with Crippen LogP contribution in [0.25, 0.3) is 11.0 Å². The first-order chi connectivity index (χ1) is 16.6. The third-order valence-electron chi connectivity index (χ3n) is 7.04. The van der Waals surface area contributed by atoms with Gasteiger partial charge >= 0.3 is 5.97 Å². The summed E-state index contributed by atoms with van der Waals surface area (Å²) in [5.41, 5.74) is 4.16. The van der Waals surface area contributed by atoms with Crippen molar-refractivity contribution in [3.8, 4) is 0 Å². The number of hydrogen-bond acceptors (Lipinski definition) is 7. The topological polar surface area (TPSA) is 73.1 Å². The molecule has 2 aliphatic rings. The van der Waals surface area contributed by atoms with Gasteiger partial charge in [-0.2, -0.15) is 4.39 Å². The third kappa shape index (κ3) is 3.83. The summed E-state index contributed by atoms with van der Waals surface area (Å²) in [6.07, 6.45) is 4.86. The van der Waals surface area contributed by atoms with Crippen LogP contribution >= 0.6 is 11.3 Å². The van der Waals surface area contributed by atoms with Crippen LogP contribution in [0.3, 0.4) is 0 Å². The highest BCUT2D eigenvalue weighted by atomic mass is 32.1. The summed E-state index contributed by atoms with van der Waals surface area (Å²) in [5.74, 6) is 2.04. The fraction of sp³-hybridized carbons (Fsp3) is 0.360. The van der Waals surface area contributed by atoms with Crippen LogP contribution in [0.5, 0.6) is 0 Å². The molecule has 4 aromatic rings. The molecular formula is C25H24FN5O2S. The number of methoxy groups -OCH3 is 1. The Bertz CT molecular complexity index is 1350. The van der Waals surface area contributed by atoms with Gasteiger partial charge in [0, 0.05) is 30.1 Å². The number of piperidine rings is 1. The number of aromatic nitrogens is 4. The zero-order valence-electron chi connectivity index (χ0n) is 18.7. The number of thiazole rings is 1. The molecule has 2 fully saturated rings. The van der Waals surface area contributed by atoms with Crippen molar-refractivity contribution in [2.45, 2.75) is 31.8 Å². The molecule has 0 spiro atoms. The zero-order valence-corrected chi connectivity index (χ0v) is 19.5. The molecule has 0 N–H and O–H groups in total. The van der Waals surface area contributed by atoms with E-state index in [2.05, 4.69) is 19.4 Å². The lowest BCUT2D eigenvalue weighted by Gasteiger charge is -2.32. The first-order valence-corrected chi connectivity index (χ1v) is 12.3. The number of carbonyl (C=O) groups is 1. The van der Waals surface area contributed by atoms with Crippen molar-refractivity contribution in [2.75, 3.05) is 18.6 Å². The van der Waals surface area contributed by atoms with Crippen molar-refractivity contribution in [1.82, 2.24) is 19.5 Å². The van der Waals surface area contributed by atoms with E-state index in [0.29, 0.717) is 30.0 Å². The largest absolute Gasteiger partial charge is 0.465 e. The standard InChI is InChI=1S/C25H24FN5O2S/c1-33-25(32)16-5-6-19-21(9-16)31(13-17-12-27-14-34-17)24(28-19)10-15-7-8-30(20-11-18(15)20)23-4-2-3-22(26)29-23/h2-6,9,12,14-15,18,20H,7-8,10-11,13H2,1H3. The molecule has 7 nitrogen and oxygen atoms in total. The Labute approximate surface area is 200 Å². The second kappa shape index (κ2) is 8.47. The summed E-state index contributed by atoms with van der Waals surface area (Å²) in [6.45, 7) is 1.53. The van der Waals surface area contributed by atoms with Gasteiger partial charge in [-0.15, -0.1) is 11.3 Å². The van der Waals surface area contributed by atoms with E-state index in [1.165, 1.54) is 13.2 Å². The van der Waals surface area contributed by atoms with Crippen LogP contribution in [0, 0.1) is 17.8 Å². The predicted octanol–water partition coefficient (Wildman–Crippen LogP) is 4.32. The van der Waals surface area contributed by atoms with Gasteiger partial charge in [-0.05, 0) is 55.0 Å². The van der Waals surface area contributed by atoms with E-state index in [4.69, 9.17) is 9.72 Å².